The first kappa shape index (κ1) is 15.2. The second kappa shape index (κ2) is 5.49. The van der Waals surface area contributed by atoms with Crippen molar-refractivity contribution in [2.75, 3.05) is 11.5 Å². The fourth-order valence-electron chi connectivity index (χ4n) is 2.13. The van der Waals surface area contributed by atoms with Gasteiger partial charge in [-0.3, -0.25) is 19.1 Å². The number of imidazole rings is 2. The van der Waals surface area contributed by atoms with Crippen molar-refractivity contribution in [2.24, 2.45) is 14.1 Å². The molecule has 0 amide bonds. The van der Waals surface area contributed by atoms with Crippen molar-refractivity contribution in [3.05, 3.63) is 33.4 Å². The van der Waals surface area contributed by atoms with Crippen LogP contribution in [0.5, 0.6) is 0 Å². The lowest BCUT2D eigenvalue weighted by molar-refractivity contribution is 0.908. The Balaban J connectivity index is 0.000000141. The Hall–Kier alpha value is -3.70. The zero-order chi connectivity index (χ0) is 17.4. The Morgan fingerprint density at radius 2 is 1.88 bits per heavy atom. The van der Waals surface area contributed by atoms with Gasteiger partial charge in [-0.2, -0.15) is 9.97 Å². The molecule has 6 N–H and O–H groups in total. The maximum atomic E-state index is 11.2. The van der Waals surface area contributed by atoms with Crippen LogP contribution in [0.1, 0.15) is 0 Å². The van der Waals surface area contributed by atoms with E-state index in [2.05, 4.69) is 29.9 Å². The SMILES string of the molecule is Cn1c(N)nc(=O)c2nc[nH]c21.Cn1cnc2nc(N)[nH]c(=O)c21. The van der Waals surface area contributed by atoms with Gasteiger partial charge in [0.25, 0.3) is 5.56 Å². The number of nitrogens with two attached hydrogens (primary N) is 2. The number of aromatic amines is 2. The smallest absolute Gasteiger partial charge is 0.302 e. The van der Waals surface area contributed by atoms with Crippen LogP contribution >= 0.6 is 0 Å². The van der Waals surface area contributed by atoms with E-state index >= 15 is 0 Å². The normalized spacial score (nSPS) is 10.8. The number of aryl methyl sites for hydroxylation is 2. The fourth-order valence-corrected chi connectivity index (χ4v) is 2.13. The number of anilines is 2. The number of rotatable bonds is 0. The summed E-state index contributed by atoms with van der Waals surface area (Å²) in [6, 6.07) is 0. The standard InChI is InChI=1S/2C6H7N5O/c1-11-2-8-4-3(11)5(12)10-6(7)9-4;1-11-4-3(8-2-9-4)5(12)10-6(11)7/h2H,1H3,(H3,7,9,10,12);2H,1H3,(H,8,9)(H2,7,10,12). The van der Waals surface area contributed by atoms with E-state index < -0.39 is 5.56 Å². The quantitative estimate of drug-likeness (QED) is 0.300. The van der Waals surface area contributed by atoms with Crippen LogP contribution in [0.25, 0.3) is 22.3 Å². The number of nitrogens with one attached hydrogen (secondary N) is 2. The van der Waals surface area contributed by atoms with Gasteiger partial charge in [0, 0.05) is 14.1 Å². The number of nitrogen functional groups attached to an aromatic ring is 2. The molecule has 0 saturated heterocycles. The first-order chi connectivity index (χ1) is 11.4. The van der Waals surface area contributed by atoms with E-state index in [4.69, 9.17) is 11.5 Å². The maximum Gasteiger partial charge on any atom is 0.302 e. The summed E-state index contributed by atoms with van der Waals surface area (Å²) in [5.74, 6) is 0.267. The van der Waals surface area contributed by atoms with Gasteiger partial charge in [0.2, 0.25) is 11.9 Å². The summed E-state index contributed by atoms with van der Waals surface area (Å²) >= 11 is 0. The Labute approximate surface area is 133 Å². The summed E-state index contributed by atoms with van der Waals surface area (Å²) in [5, 5.41) is 0. The molecule has 0 saturated carbocycles. The van der Waals surface area contributed by atoms with Gasteiger partial charge in [0.05, 0.1) is 12.7 Å². The molecule has 12 nitrogen and oxygen atoms in total. The largest absolute Gasteiger partial charge is 0.369 e. The van der Waals surface area contributed by atoms with Gasteiger partial charge in [0.15, 0.2) is 16.7 Å². The summed E-state index contributed by atoms with van der Waals surface area (Å²) in [6.45, 7) is 0. The van der Waals surface area contributed by atoms with Crippen LogP contribution in [-0.2, 0) is 14.1 Å². The van der Waals surface area contributed by atoms with Crippen molar-refractivity contribution in [1.82, 2.24) is 39.0 Å². The highest BCUT2D eigenvalue weighted by Gasteiger charge is 2.07. The average molecular weight is 330 g/mol. The Bertz CT molecular complexity index is 1150. The van der Waals surface area contributed by atoms with Crippen molar-refractivity contribution < 1.29 is 0 Å². The van der Waals surface area contributed by atoms with Crippen LogP contribution in [0.4, 0.5) is 11.9 Å². The summed E-state index contributed by atoms with van der Waals surface area (Å²) in [5.41, 5.74) is 11.8. The molecule has 0 atom stereocenters. The number of fused-ring (bicyclic) bond motifs is 2. The van der Waals surface area contributed by atoms with Crippen molar-refractivity contribution in [2.45, 2.75) is 0 Å². The highest BCUT2D eigenvalue weighted by molar-refractivity contribution is 5.71. The van der Waals surface area contributed by atoms with Crippen molar-refractivity contribution >= 4 is 34.2 Å². The predicted molar refractivity (Wildman–Crippen MR) is 87.1 cm³/mol. The number of nitrogens with zero attached hydrogens (tertiary/aromatic N) is 6. The topological polar surface area (TPSA) is 179 Å². The second-order valence-electron chi connectivity index (χ2n) is 4.91. The molecule has 0 fully saturated rings. The van der Waals surface area contributed by atoms with Crippen molar-refractivity contribution in [3.63, 3.8) is 0 Å². The van der Waals surface area contributed by atoms with Crippen LogP contribution < -0.4 is 22.6 Å². The Morgan fingerprint density at radius 1 is 1.12 bits per heavy atom. The van der Waals surface area contributed by atoms with Crippen LogP contribution in [0.2, 0.25) is 0 Å². The van der Waals surface area contributed by atoms with E-state index in [-0.39, 0.29) is 17.5 Å². The molecule has 0 aliphatic carbocycles. The van der Waals surface area contributed by atoms with Gasteiger partial charge >= 0.3 is 5.56 Å². The predicted octanol–water partition coefficient (Wildman–Crippen LogP) is -1.52. The van der Waals surface area contributed by atoms with E-state index in [0.29, 0.717) is 22.3 Å². The van der Waals surface area contributed by atoms with Crippen molar-refractivity contribution in [1.29, 1.82) is 0 Å². The molecule has 0 unspecified atom stereocenters. The molecule has 4 aromatic heterocycles. The zero-order valence-corrected chi connectivity index (χ0v) is 12.8. The number of H-pyrrole nitrogens is 2. The van der Waals surface area contributed by atoms with Crippen LogP contribution in [0, 0.1) is 0 Å². The first-order valence-electron chi connectivity index (χ1n) is 6.71. The molecule has 12 heteroatoms. The fraction of sp³-hybridized carbons (Fsp3) is 0.167. The number of hydrogen-bond acceptors (Lipinski definition) is 8. The van der Waals surface area contributed by atoms with Crippen LogP contribution in [0.3, 0.4) is 0 Å². The minimum absolute atomic E-state index is 0.0891. The number of aromatic nitrogens is 8. The average Bonchev–Trinajstić information content (AvgIpc) is 3.13. The molecule has 4 heterocycles. The molecule has 24 heavy (non-hydrogen) atoms. The molecule has 4 rings (SSSR count). The molecule has 124 valence electrons. The second-order valence-corrected chi connectivity index (χ2v) is 4.91. The van der Waals surface area contributed by atoms with Gasteiger partial charge in [-0.05, 0) is 0 Å². The summed E-state index contributed by atoms with van der Waals surface area (Å²) in [7, 11) is 3.44. The lowest BCUT2D eigenvalue weighted by Crippen LogP contribution is -2.15. The molecule has 0 aliphatic rings. The lowest BCUT2D eigenvalue weighted by atomic mass is 10.5. The molecule has 0 radical (unpaired) electrons. The van der Waals surface area contributed by atoms with E-state index in [9.17, 15) is 9.59 Å². The van der Waals surface area contributed by atoms with E-state index in [1.807, 2.05) is 0 Å². The third-order valence-corrected chi connectivity index (χ3v) is 3.32. The monoisotopic (exact) mass is 330 g/mol. The van der Waals surface area contributed by atoms with Gasteiger partial charge in [0.1, 0.15) is 5.65 Å². The van der Waals surface area contributed by atoms with Gasteiger partial charge < -0.3 is 21.0 Å². The van der Waals surface area contributed by atoms with Crippen LogP contribution in [-0.4, -0.2) is 39.0 Å². The summed E-state index contributed by atoms with van der Waals surface area (Å²) < 4.78 is 3.17. The minimum Gasteiger partial charge on any atom is -0.369 e. The van der Waals surface area contributed by atoms with E-state index in [0.717, 1.165) is 0 Å². The van der Waals surface area contributed by atoms with Gasteiger partial charge in [-0.1, -0.05) is 0 Å². The zero-order valence-electron chi connectivity index (χ0n) is 12.8. The summed E-state index contributed by atoms with van der Waals surface area (Å²) in [6.07, 6.45) is 2.96. The van der Waals surface area contributed by atoms with Gasteiger partial charge in [-0.25, -0.2) is 9.97 Å². The molecule has 0 aromatic carbocycles. The van der Waals surface area contributed by atoms with E-state index in [1.165, 1.54) is 12.7 Å². The molecule has 4 aromatic rings. The Morgan fingerprint density at radius 3 is 2.62 bits per heavy atom. The van der Waals surface area contributed by atoms with Gasteiger partial charge in [-0.15, -0.1) is 0 Å². The van der Waals surface area contributed by atoms with E-state index in [1.54, 1.807) is 23.2 Å². The van der Waals surface area contributed by atoms with Crippen molar-refractivity contribution in [3.8, 4) is 0 Å². The third-order valence-electron chi connectivity index (χ3n) is 3.32. The summed E-state index contributed by atoms with van der Waals surface area (Å²) in [4.78, 5) is 42.7. The third kappa shape index (κ3) is 2.45. The Kier molecular flexibility index (Phi) is 3.48. The maximum absolute atomic E-state index is 11.2. The molecule has 0 bridgehead atoms. The molecule has 0 aliphatic heterocycles. The minimum atomic E-state index is -0.401. The van der Waals surface area contributed by atoms with Crippen LogP contribution in [0.15, 0.2) is 22.2 Å². The lowest BCUT2D eigenvalue weighted by Gasteiger charge is -2.01. The highest BCUT2D eigenvalue weighted by Crippen LogP contribution is 2.04. The molecule has 0 spiro atoms. The molecular weight excluding hydrogens is 316 g/mol. The first-order valence-corrected chi connectivity index (χ1v) is 6.71. The molecular formula is C12H14N10O2. The number of hydrogen-bond donors (Lipinski definition) is 4. The highest BCUT2D eigenvalue weighted by atomic mass is 16.1.